The number of carbonyl (C=O) groups excluding carboxylic acids is 1. The minimum Gasteiger partial charge on any atom is -0.481 e. The van der Waals surface area contributed by atoms with Crippen LogP contribution in [-0.4, -0.2) is 41.1 Å². The van der Waals surface area contributed by atoms with Gasteiger partial charge >= 0.3 is 5.97 Å². The summed E-state index contributed by atoms with van der Waals surface area (Å²) in [7, 11) is 0. The highest BCUT2D eigenvalue weighted by atomic mass is 16.5. The van der Waals surface area contributed by atoms with Crippen LogP contribution in [0.25, 0.3) is 0 Å². The van der Waals surface area contributed by atoms with Gasteiger partial charge in [-0.15, -0.1) is 0 Å². The van der Waals surface area contributed by atoms with Crippen molar-refractivity contribution in [1.82, 2.24) is 4.90 Å². The lowest BCUT2D eigenvalue weighted by Gasteiger charge is -2.24. The molecule has 104 valence electrons. The van der Waals surface area contributed by atoms with Crippen molar-refractivity contribution in [3.63, 3.8) is 0 Å². The largest absolute Gasteiger partial charge is 0.481 e. The quantitative estimate of drug-likeness (QED) is 0.816. The van der Waals surface area contributed by atoms with E-state index in [2.05, 4.69) is 0 Å². The molecule has 1 aromatic carbocycles. The molecule has 1 N–H and O–H groups in total. The number of carboxylic acids is 1. The highest BCUT2D eigenvalue weighted by Crippen LogP contribution is 2.14. The molecule has 0 aliphatic carbocycles. The third-order valence-electron chi connectivity index (χ3n) is 2.69. The number of aliphatic carboxylic acids is 1. The molecule has 1 unspecified atom stereocenters. The monoisotopic (exact) mass is 265 g/mol. The SMILES string of the molecule is CCC(Oc1ccccc1)C(=O)N(CC)CC(=O)O. The molecule has 19 heavy (non-hydrogen) atoms. The van der Waals surface area contributed by atoms with E-state index in [9.17, 15) is 9.59 Å². The Morgan fingerprint density at radius 3 is 2.37 bits per heavy atom. The van der Waals surface area contributed by atoms with Crippen LogP contribution >= 0.6 is 0 Å². The lowest BCUT2D eigenvalue weighted by Crippen LogP contribution is -2.44. The Labute approximate surface area is 112 Å². The van der Waals surface area contributed by atoms with Crippen molar-refractivity contribution >= 4 is 11.9 Å². The molecule has 5 nitrogen and oxygen atoms in total. The molecule has 0 aliphatic rings. The summed E-state index contributed by atoms with van der Waals surface area (Å²) in [5.41, 5.74) is 0. The van der Waals surface area contributed by atoms with E-state index in [-0.39, 0.29) is 12.5 Å². The molecule has 1 atom stereocenters. The Morgan fingerprint density at radius 2 is 1.89 bits per heavy atom. The minimum atomic E-state index is -1.02. The summed E-state index contributed by atoms with van der Waals surface area (Å²) in [6.07, 6.45) is -0.161. The van der Waals surface area contributed by atoms with Gasteiger partial charge in [-0.25, -0.2) is 0 Å². The molecule has 0 spiro atoms. The zero-order valence-corrected chi connectivity index (χ0v) is 11.2. The van der Waals surface area contributed by atoms with Gasteiger partial charge in [-0.05, 0) is 25.5 Å². The average molecular weight is 265 g/mol. The van der Waals surface area contributed by atoms with Crippen molar-refractivity contribution in [1.29, 1.82) is 0 Å². The number of nitrogens with zero attached hydrogens (tertiary/aromatic N) is 1. The van der Waals surface area contributed by atoms with Crippen LogP contribution in [0.15, 0.2) is 30.3 Å². The van der Waals surface area contributed by atoms with Crippen LogP contribution < -0.4 is 4.74 Å². The number of rotatable bonds is 7. The van der Waals surface area contributed by atoms with E-state index in [1.165, 1.54) is 4.90 Å². The van der Waals surface area contributed by atoms with E-state index in [1.54, 1.807) is 19.1 Å². The molecule has 1 aromatic rings. The Bertz CT molecular complexity index is 419. The van der Waals surface area contributed by atoms with E-state index >= 15 is 0 Å². The number of carbonyl (C=O) groups is 2. The molecule has 0 aliphatic heterocycles. The summed E-state index contributed by atoms with van der Waals surface area (Å²) in [5, 5.41) is 8.77. The molecular weight excluding hydrogens is 246 g/mol. The first-order valence-corrected chi connectivity index (χ1v) is 6.30. The Kier molecular flexibility index (Phi) is 5.85. The van der Waals surface area contributed by atoms with Gasteiger partial charge in [-0.2, -0.15) is 0 Å². The molecule has 0 radical (unpaired) electrons. The molecule has 5 heteroatoms. The lowest BCUT2D eigenvalue weighted by atomic mass is 10.2. The number of likely N-dealkylation sites (N-methyl/N-ethyl adjacent to an activating group) is 1. The summed E-state index contributed by atoms with van der Waals surface area (Å²) < 4.78 is 5.61. The normalized spacial score (nSPS) is 11.7. The maximum atomic E-state index is 12.2. The van der Waals surface area contributed by atoms with Crippen molar-refractivity contribution in [3.8, 4) is 5.75 Å². The zero-order chi connectivity index (χ0) is 14.3. The zero-order valence-electron chi connectivity index (χ0n) is 11.2. The van der Waals surface area contributed by atoms with Gasteiger partial charge in [0.2, 0.25) is 0 Å². The molecule has 0 saturated carbocycles. The molecule has 0 aromatic heterocycles. The third kappa shape index (κ3) is 4.62. The first-order chi connectivity index (χ1) is 9.08. The van der Waals surface area contributed by atoms with Crippen LogP contribution in [0.4, 0.5) is 0 Å². The van der Waals surface area contributed by atoms with Crippen LogP contribution in [0.1, 0.15) is 20.3 Å². The standard InChI is InChI=1S/C14H19NO4/c1-3-12(19-11-8-6-5-7-9-11)14(18)15(4-2)10-13(16)17/h5-9,12H,3-4,10H2,1-2H3,(H,16,17). The smallest absolute Gasteiger partial charge is 0.323 e. The van der Waals surface area contributed by atoms with Crippen molar-refractivity contribution in [2.45, 2.75) is 26.4 Å². The van der Waals surface area contributed by atoms with Gasteiger partial charge in [0, 0.05) is 6.54 Å². The topological polar surface area (TPSA) is 66.8 Å². The number of hydrogen-bond acceptors (Lipinski definition) is 3. The first kappa shape index (κ1) is 15.0. The Balaban J connectivity index is 2.72. The summed E-state index contributed by atoms with van der Waals surface area (Å²) in [6.45, 7) is 3.62. The minimum absolute atomic E-state index is 0.295. The van der Waals surface area contributed by atoms with Gasteiger partial charge in [0.1, 0.15) is 12.3 Å². The van der Waals surface area contributed by atoms with E-state index in [1.807, 2.05) is 25.1 Å². The fourth-order valence-electron chi connectivity index (χ4n) is 1.68. The number of carboxylic acid groups (broad SMARTS) is 1. The van der Waals surface area contributed by atoms with E-state index in [0.29, 0.717) is 18.7 Å². The van der Waals surface area contributed by atoms with Gasteiger partial charge in [-0.3, -0.25) is 9.59 Å². The molecule has 1 rings (SSSR count). The van der Waals surface area contributed by atoms with E-state index < -0.39 is 12.1 Å². The Hall–Kier alpha value is -2.04. The maximum absolute atomic E-state index is 12.2. The fraction of sp³-hybridized carbons (Fsp3) is 0.429. The van der Waals surface area contributed by atoms with Crippen LogP contribution in [0.2, 0.25) is 0 Å². The van der Waals surface area contributed by atoms with Crippen LogP contribution in [0, 0.1) is 0 Å². The number of ether oxygens (including phenoxy) is 1. The molecule has 0 heterocycles. The van der Waals surface area contributed by atoms with Crippen molar-refractivity contribution < 1.29 is 19.4 Å². The second-order valence-corrected chi connectivity index (χ2v) is 4.07. The second kappa shape index (κ2) is 7.41. The highest BCUT2D eigenvalue weighted by molar-refractivity contribution is 5.84. The number of hydrogen-bond donors (Lipinski definition) is 1. The molecule has 1 amide bonds. The van der Waals surface area contributed by atoms with Crippen LogP contribution in [0.3, 0.4) is 0 Å². The second-order valence-electron chi connectivity index (χ2n) is 4.07. The molecular formula is C14H19NO4. The van der Waals surface area contributed by atoms with Gasteiger partial charge in [0.25, 0.3) is 5.91 Å². The van der Waals surface area contributed by atoms with E-state index in [0.717, 1.165) is 0 Å². The van der Waals surface area contributed by atoms with E-state index in [4.69, 9.17) is 9.84 Å². The van der Waals surface area contributed by atoms with Crippen LogP contribution in [-0.2, 0) is 9.59 Å². The highest BCUT2D eigenvalue weighted by Gasteiger charge is 2.25. The summed E-state index contributed by atoms with van der Waals surface area (Å²) >= 11 is 0. The number of amides is 1. The fourth-order valence-corrected chi connectivity index (χ4v) is 1.68. The predicted octanol–water partition coefficient (Wildman–Crippen LogP) is 1.78. The maximum Gasteiger partial charge on any atom is 0.323 e. The summed E-state index contributed by atoms with van der Waals surface area (Å²) in [5.74, 6) is -0.713. The van der Waals surface area contributed by atoms with Crippen molar-refractivity contribution in [2.24, 2.45) is 0 Å². The molecule has 0 saturated heterocycles. The molecule has 0 bridgehead atoms. The lowest BCUT2D eigenvalue weighted by molar-refractivity contribution is -0.147. The van der Waals surface area contributed by atoms with Gasteiger partial charge in [0.05, 0.1) is 0 Å². The number of benzene rings is 1. The summed E-state index contributed by atoms with van der Waals surface area (Å²) in [6, 6.07) is 9.04. The van der Waals surface area contributed by atoms with Crippen molar-refractivity contribution in [2.75, 3.05) is 13.1 Å². The van der Waals surface area contributed by atoms with Gasteiger partial charge in [-0.1, -0.05) is 25.1 Å². The first-order valence-electron chi connectivity index (χ1n) is 6.30. The number of para-hydroxylation sites is 1. The van der Waals surface area contributed by atoms with Gasteiger partial charge in [0.15, 0.2) is 6.10 Å². The van der Waals surface area contributed by atoms with Crippen molar-refractivity contribution in [3.05, 3.63) is 30.3 Å². The van der Waals surface area contributed by atoms with Gasteiger partial charge < -0.3 is 14.7 Å². The average Bonchev–Trinajstić information content (AvgIpc) is 2.42. The molecule has 0 fully saturated rings. The van der Waals surface area contributed by atoms with Crippen LogP contribution in [0.5, 0.6) is 5.75 Å². The summed E-state index contributed by atoms with van der Waals surface area (Å²) in [4.78, 5) is 24.2. The third-order valence-corrected chi connectivity index (χ3v) is 2.69. The Morgan fingerprint density at radius 1 is 1.26 bits per heavy atom. The predicted molar refractivity (Wildman–Crippen MR) is 71.0 cm³/mol.